The Morgan fingerprint density at radius 3 is 2.54 bits per heavy atom. The zero-order chi connectivity index (χ0) is 10.0. The summed E-state index contributed by atoms with van der Waals surface area (Å²) in [5.41, 5.74) is 0.561. The molecule has 72 valence electrons. The Bertz CT molecular complexity index is 299. The summed E-state index contributed by atoms with van der Waals surface area (Å²) in [5.74, 6) is -0.0117. The summed E-state index contributed by atoms with van der Waals surface area (Å²) >= 11 is 9.35. The van der Waals surface area contributed by atoms with E-state index in [9.17, 15) is 4.39 Å². The number of hydrogen-bond donors (Lipinski definition) is 0. The first-order valence-corrected chi connectivity index (χ1v) is 5.34. The molecule has 0 fully saturated rings. The fourth-order valence-electron chi connectivity index (χ4n) is 1.09. The van der Waals surface area contributed by atoms with Gasteiger partial charge in [-0.05, 0) is 24.1 Å². The lowest BCUT2D eigenvalue weighted by atomic mass is 10.0. The van der Waals surface area contributed by atoms with Gasteiger partial charge < -0.3 is 0 Å². The Morgan fingerprint density at radius 2 is 2.00 bits per heavy atom. The molecule has 0 aliphatic heterocycles. The SMILES string of the molecule is CC(C)C(Cl)c1cc(Br)ccc1F. The molecule has 0 aliphatic carbocycles. The van der Waals surface area contributed by atoms with Crippen molar-refractivity contribution in [2.75, 3.05) is 0 Å². The standard InChI is InChI=1S/C10H11BrClF/c1-6(2)10(12)8-5-7(11)3-4-9(8)13/h3-6,10H,1-2H3. The minimum Gasteiger partial charge on any atom is -0.207 e. The second-order valence-electron chi connectivity index (χ2n) is 3.31. The van der Waals surface area contributed by atoms with Crippen LogP contribution >= 0.6 is 27.5 Å². The predicted octanol–water partition coefficient (Wildman–Crippen LogP) is 4.52. The first-order valence-electron chi connectivity index (χ1n) is 4.11. The van der Waals surface area contributed by atoms with E-state index in [1.807, 2.05) is 13.8 Å². The van der Waals surface area contributed by atoms with Gasteiger partial charge in [-0.25, -0.2) is 4.39 Å². The summed E-state index contributed by atoms with van der Waals surface area (Å²) in [6.07, 6.45) is 0. The molecular weight excluding hydrogens is 254 g/mol. The smallest absolute Gasteiger partial charge is 0.127 e. The predicted molar refractivity (Wildman–Crippen MR) is 57.5 cm³/mol. The molecule has 0 saturated carbocycles. The molecule has 1 atom stereocenters. The van der Waals surface area contributed by atoms with E-state index in [4.69, 9.17) is 11.6 Å². The maximum absolute atomic E-state index is 13.3. The summed E-state index contributed by atoms with van der Waals surface area (Å²) in [6, 6.07) is 4.83. The third-order valence-electron chi connectivity index (χ3n) is 1.84. The molecule has 1 unspecified atom stereocenters. The number of halogens is 3. The van der Waals surface area contributed by atoms with Crippen molar-refractivity contribution in [2.24, 2.45) is 5.92 Å². The van der Waals surface area contributed by atoms with E-state index in [0.29, 0.717) is 5.56 Å². The third-order valence-corrected chi connectivity index (χ3v) is 3.07. The molecule has 0 N–H and O–H groups in total. The van der Waals surface area contributed by atoms with E-state index in [1.54, 1.807) is 12.1 Å². The van der Waals surface area contributed by atoms with Crippen LogP contribution in [0.4, 0.5) is 4.39 Å². The van der Waals surface area contributed by atoms with Crippen molar-refractivity contribution in [1.29, 1.82) is 0 Å². The van der Waals surface area contributed by atoms with Crippen molar-refractivity contribution in [3.63, 3.8) is 0 Å². The molecule has 0 saturated heterocycles. The van der Waals surface area contributed by atoms with E-state index in [1.165, 1.54) is 6.07 Å². The molecule has 0 heterocycles. The van der Waals surface area contributed by atoms with Gasteiger partial charge in [-0.2, -0.15) is 0 Å². The summed E-state index contributed by atoms with van der Waals surface area (Å²) in [7, 11) is 0. The average Bonchev–Trinajstić information content (AvgIpc) is 2.08. The van der Waals surface area contributed by atoms with Crippen LogP contribution in [0.5, 0.6) is 0 Å². The molecule has 0 bridgehead atoms. The first kappa shape index (κ1) is 11.0. The fraction of sp³-hybridized carbons (Fsp3) is 0.400. The van der Waals surface area contributed by atoms with Gasteiger partial charge in [0.15, 0.2) is 0 Å². The van der Waals surface area contributed by atoms with Crippen LogP contribution in [-0.4, -0.2) is 0 Å². The zero-order valence-corrected chi connectivity index (χ0v) is 9.86. The molecule has 0 nitrogen and oxygen atoms in total. The molecular formula is C10H11BrClF. The van der Waals surface area contributed by atoms with Crippen molar-refractivity contribution in [1.82, 2.24) is 0 Å². The Labute approximate surface area is 91.2 Å². The van der Waals surface area contributed by atoms with E-state index in [0.717, 1.165) is 4.47 Å². The lowest BCUT2D eigenvalue weighted by Gasteiger charge is -2.14. The summed E-state index contributed by atoms with van der Waals surface area (Å²) in [5, 5.41) is -0.266. The highest BCUT2D eigenvalue weighted by Crippen LogP contribution is 2.31. The average molecular weight is 266 g/mol. The molecule has 1 rings (SSSR count). The number of hydrogen-bond acceptors (Lipinski definition) is 0. The molecule has 0 aliphatic rings. The maximum Gasteiger partial charge on any atom is 0.127 e. The Kier molecular flexibility index (Phi) is 3.74. The van der Waals surface area contributed by atoms with Crippen LogP contribution in [-0.2, 0) is 0 Å². The normalized spacial score (nSPS) is 13.4. The minimum atomic E-state index is -0.266. The summed E-state index contributed by atoms with van der Waals surface area (Å²) < 4.78 is 14.1. The lowest BCUT2D eigenvalue weighted by Crippen LogP contribution is -2.01. The lowest BCUT2D eigenvalue weighted by molar-refractivity contribution is 0.562. The highest BCUT2D eigenvalue weighted by molar-refractivity contribution is 9.10. The van der Waals surface area contributed by atoms with Crippen molar-refractivity contribution >= 4 is 27.5 Å². The molecule has 0 aromatic heterocycles. The zero-order valence-electron chi connectivity index (χ0n) is 7.52. The van der Waals surface area contributed by atoms with E-state index < -0.39 is 0 Å². The van der Waals surface area contributed by atoms with Crippen LogP contribution in [0, 0.1) is 11.7 Å². The number of benzene rings is 1. The first-order chi connectivity index (χ1) is 6.02. The monoisotopic (exact) mass is 264 g/mol. The van der Waals surface area contributed by atoms with Crippen molar-refractivity contribution in [3.8, 4) is 0 Å². The van der Waals surface area contributed by atoms with Gasteiger partial charge in [-0.1, -0.05) is 29.8 Å². The van der Waals surface area contributed by atoms with Gasteiger partial charge in [0.1, 0.15) is 5.82 Å². The number of rotatable bonds is 2. The molecule has 3 heteroatoms. The second-order valence-corrected chi connectivity index (χ2v) is 4.70. The van der Waals surface area contributed by atoms with Crippen LogP contribution in [0.1, 0.15) is 24.8 Å². The van der Waals surface area contributed by atoms with Gasteiger partial charge in [-0.15, -0.1) is 11.6 Å². The second kappa shape index (κ2) is 4.43. The minimum absolute atomic E-state index is 0.227. The fourth-order valence-corrected chi connectivity index (χ4v) is 1.63. The summed E-state index contributed by atoms with van der Waals surface area (Å²) in [6.45, 7) is 3.94. The largest absolute Gasteiger partial charge is 0.207 e. The molecule has 1 aromatic carbocycles. The molecule has 1 aromatic rings. The molecule has 13 heavy (non-hydrogen) atoms. The highest BCUT2D eigenvalue weighted by atomic mass is 79.9. The molecule has 0 radical (unpaired) electrons. The van der Waals surface area contributed by atoms with Gasteiger partial charge in [-0.3, -0.25) is 0 Å². The van der Waals surface area contributed by atoms with Crippen molar-refractivity contribution < 1.29 is 4.39 Å². The van der Waals surface area contributed by atoms with Gasteiger partial charge in [0, 0.05) is 10.0 Å². The van der Waals surface area contributed by atoms with E-state index in [2.05, 4.69) is 15.9 Å². The van der Waals surface area contributed by atoms with Gasteiger partial charge in [0.25, 0.3) is 0 Å². The van der Waals surface area contributed by atoms with Crippen molar-refractivity contribution in [2.45, 2.75) is 19.2 Å². The van der Waals surface area contributed by atoms with E-state index >= 15 is 0 Å². The van der Waals surface area contributed by atoms with E-state index in [-0.39, 0.29) is 17.1 Å². The maximum atomic E-state index is 13.3. The number of alkyl halides is 1. The van der Waals surface area contributed by atoms with Crippen LogP contribution in [0.2, 0.25) is 0 Å². The Hall–Kier alpha value is -0.0800. The van der Waals surface area contributed by atoms with Crippen LogP contribution in [0.3, 0.4) is 0 Å². The third kappa shape index (κ3) is 2.68. The molecule has 0 spiro atoms. The Morgan fingerprint density at radius 1 is 1.38 bits per heavy atom. The Balaban J connectivity index is 3.05. The van der Waals surface area contributed by atoms with Crippen LogP contribution in [0.15, 0.2) is 22.7 Å². The van der Waals surface area contributed by atoms with Gasteiger partial charge in [0.2, 0.25) is 0 Å². The topological polar surface area (TPSA) is 0 Å². The van der Waals surface area contributed by atoms with Crippen LogP contribution < -0.4 is 0 Å². The quantitative estimate of drug-likeness (QED) is 0.690. The van der Waals surface area contributed by atoms with Gasteiger partial charge >= 0.3 is 0 Å². The highest BCUT2D eigenvalue weighted by Gasteiger charge is 2.16. The molecule has 0 amide bonds. The summed E-state index contributed by atoms with van der Waals surface area (Å²) in [4.78, 5) is 0. The van der Waals surface area contributed by atoms with Gasteiger partial charge in [0.05, 0.1) is 5.38 Å². The van der Waals surface area contributed by atoms with Crippen molar-refractivity contribution in [3.05, 3.63) is 34.1 Å². The van der Waals surface area contributed by atoms with Crippen LogP contribution in [0.25, 0.3) is 0 Å².